The maximum atomic E-state index is 6.83. The predicted octanol–water partition coefficient (Wildman–Crippen LogP) is 16.9. The molecule has 5 atom stereocenters. The average molecular weight is 814 g/mol. The van der Waals surface area contributed by atoms with Crippen LogP contribution >= 0.6 is 0 Å². The van der Waals surface area contributed by atoms with Crippen LogP contribution in [0, 0.1) is 23.7 Å². The Morgan fingerprint density at radius 2 is 1.22 bits per heavy atom. The highest BCUT2D eigenvalue weighted by molar-refractivity contribution is 6.11. The fraction of sp³-hybridized carbons (Fsp3) is 0.246. The minimum absolute atomic E-state index is 0.170. The maximum absolute atomic E-state index is 6.83. The van der Waals surface area contributed by atoms with Crippen LogP contribution in [0.1, 0.15) is 80.4 Å². The lowest BCUT2D eigenvalue weighted by Gasteiger charge is -2.44. The van der Waals surface area contributed by atoms with Crippen LogP contribution in [0.5, 0.6) is 0 Å². The Bertz CT molecular complexity index is 3270. The number of hydrogen-bond acceptors (Lipinski definition) is 2. The zero-order valence-electron chi connectivity index (χ0n) is 35.8. The summed E-state index contributed by atoms with van der Waals surface area (Å²) in [5.41, 5.74) is 18.1. The van der Waals surface area contributed by atoms with E-state index in [-0.39, 0.29) is 5.41 Å². The third-order valence-corrected chi connectivity index (χ3v) is 16.9. The van der Waals surface area contributed by atoms with Crippen LogP contribution in [0.2, 0.25) is 0 Å². The number of benzene rings is 8. The van der Waals surface area contributed by atoms with Crippen molar-refractivity contribution >= 4 is 49.8 Å². The molecule has 9 aromatic rings. The lowest BCUT2D eigenvalue weighted by Crippen LogP contribution is -2.40. The van der Waals surface area contributed by atoms with Gasteiger partial charge in [-0.15, -0.1) is 0 Å². The van der Waals surface area contributed by atoms with Crippen LogP contribution in [0.3, 0.4) is 0 Å². The third-order valence-electron chi connectivity index (χ3n) is 16.9. The summed E-state index contributed by atoms with van der Waals surface area (Å²) < 4.78 is 6.83. The molecule has 2 nitrogen and oxygen atoms in total. The van der Waals surface area contributed by atoms with Gasteiger partial charge in [-0.1, -0.05) is 153 Å². The van der Waals surface area contributed by atoms with Crippen LogP contribution in [-0.4, -0.2) is 0 Å². The van der Waals surface area contributed by atoms with Crippen LogP contribution in [0.4, 0.5) is 17.1 Å². The van der Waals surface area contributed by atoms with Gasteiger partial charge in [0.2, 0.25) is 0 Å². The first-order valence-electron chi connectivity index (χ1n) is 23.9. The van der Waals surface area contributed by atoms with Gasteiger partial charge in [0.15, 0.2) is 5.58 Å². The number of rotatable bonds is 6. The first-order valence-corrected chi connectivity index (χ1v) is 23.9. The second kappa shape index (κ2) is 13.8. The van der Waals surface area contributed by atoms with E-state index in [4.69, 9.17) is 4.42 Å². The van der Waals surface area contributed by atoms with Crippen LogP contribution in [0.25, 0.3) is 66.1 Å². The van der Waals surface area contributed by atoms with E-state index >= 15 is 0 Å². The van der Waals surface area contributed by atoms with E-state index in [2.05, 4.69) is 175 Å². The largest absolute Gasteiger partial charge is 0.454 e. The molecule has 8 aromatic carbocycles. The van der Waals surface area contributed by atoms with Crippen LogP contribution in [0.15, 0.2) is 174 Å². The summed E-state index contributed by atoms with van der Waals surface area (Å²) in [4.78, 5) is 2.46. The van der Waals surface area contributed by atoms with Gasteiger partial charge in [0.05, 0.1) is 11.4 Å². The van der Waals surface area contributed by atoms with Crippen molar-refractivity contribution in [3.8, 4) is 33.4 Å². The molecule has 2 heteroatoms. The second-order valence-corrected chi connectivity index (χ2v) is 19.8. The fourth-order valence-corrected chi connectivity index (χ4v) is 14.5. The van der Waals surface area contributed by atoms with E-state index in [0.717, 1.165) is 62.7 Å². The standard InChI is InChI=1S/C61H51NO/c1-2-13-40(14-3-1)46-20-10-15-41-16-11-21-51(59(41)46)49-18-5-8-24-56(49)62(57-25-12-22-52-50-19-6-9-26-58(50)63-60(52)57)45-30-27-39(28-31-45)42-29-32-48-47-17-4-7-23-53(47)61(55(48)37-42)44-34-38-33-43(36-44)54(61)35-38/h4-12,15-32,37-38,40,43-44,54H,1-3,13-14,33-36H2. The number of nitrogens with zero attached hydrogens (tertiary/aromatic N) is 1. The Kier molecular flexibility index (Phi) is 7.92. The van der Waals surface area contributed by atoms with E-state index in [1.54, 1.807) is 11.1 Å². The first kappa shape index (κ1) is 36.1. The molecule has 0 radical (unpaired) electrons. The molecule has 15 rings (SSSR count). The number of anilines is 3. The highest BCUT2D eigenvalue weighted by Gasteiger charge is 2.65. The molecule has 1 spiro atoms. The quantitative estimate of drug-likeness (QED) is 0.166. The predicted molar refractivity (Wildman–Crippen MR) is 261 cm³/mol. The van der Waals surface area contributed by atoms with Crippen molar-refractivity contribution in [2.24, 2.45) is 23.7 Å². The van der Waals surface area contributed by atoms with Crippen molar-refractivity contribution in [2.45, 2.75) is 69.1 Å². The maximum Gasteiger partial charge on any atom is 0.159 e. The lowest BCUT2D eigenvalue weighted by molar-refractivity contribution is 0.191. The Hall–Kier alpha value is -6.38. The van der Waals surface area contributed by atoms with Gasteiger partial charge in [-0.3, -0.25) is 0 Å². The molecule has 5 saturated carbocycles. The summed E-state index contributed by atoms with van der Waals surface area (Å²) >= 11 is 0. The topological polar surface area (TPSA) is 16.4 Å². The molecule has 1 heterocycles. The van der Waals surface area contributed by atoms with Crippen molar-refractivity contribution in [3.63, 3.8) is 0 Å². The van der Waals surface area contributed by atoms with Crippen LogP contribution < -0.4 is 4.90 Å². The van der Waals surface area contributed by atoms with Crippen molar-refractivity contribution in [2.75, 3.05) is 4.90 Å². The zero-order chi connectivity index (χ0) is 41.2. The molecular weight excluding hydrogens is 763 g/mol. The molecular formula is C61H51NO. The molecule has 63 heavy (non-hydrogen) atoms. The van der Waals surface area contributed by atoms with Crippen molar-refractivity contribution in [3.05, 3.63) is 187 Å². The molecule has 0 aliphatic heterocycles. The molecule has 6 aliphatic carbocycles. The first-order chi connectivity index (χ1) is 31.2. The second-order valence-electron chi connectivity index (χ2n) is 19.8. The van der Waals surface area contributed by atoms with E-state index in [9.17, 15) is 0 Å². The molecule has 5 fully saturated rings. The molecule has 0 amide bonds. The molecule has 4 bridgehead atoms. The number of hydrogen-bond donors (Lipinski definition) is 0. The van der Waals surface area contributed by atoms with Gasteiger partial charge in [0, 0.05) is 27.4 Å². The zero-order valence-corrected chi connectivity index (χ0v) is 35.8. The van der Waals surface area contributed by atoms with E-state index < -0.39 is 0 Å². The van der Waals surface area contributed by atoms with Crippen molar-refractivity contribution in [1.82, 2.24) is 0 Å². The van der Waals surface area contributed by atoms with Crippen LogP contribution in [-0.2, 0) is 5.41 Å². The molecule has 6 aliphatic rings. The van der Waals surface area contributed by atoms with Crippen molar-refractivity contribution < 1.29 is 4.42 Å². The van der Waals surface area contributed by atoms with Gasteiger partial charge >= 0.3 is 0 Å². The highest BCUT2D eigenvalue weighted by Crippen LogP contribution is 2.73. The SMILES string of the molecule is c1ccc(N(c2ccc(-c3ccc4c(c3)C3(c5ccccc5-4)C4CC5CC(C4)C3C5)cc2)c2cccc3c2oc2ccccc23)c(-c2cccc3cccc(C4CCCCC4)c23)c1. The smallest absolute Gasteiger partial charge is 0.159 e. The summed E-state index contributed by atoms with van der Waals surface area (Å²) in [5, 5.41) is 4.99. The molecule has 0 N–H and O–H groups in total. The Labute approximate surface area is 370 Å². The van der Waals surface area contributed by atoms with Gasteiger partial charge in [-0.25, -0.2) is 0 Å². The number of para-hydroxylation sites is 3. The molecule has 1 aromatic heterocycles. The van der Waals surface area contributed by atoms with E-state index in [0.29, 0.717) is 5.92 Å². The molecule has 0 saturated heterocycles. The summed E-state index contributed by atoms with van der Waals surface area (Å²) in [6.45, 7) is 0. The molecule has 5 unspecified atom stereocenters. The lowest BCUT2D eigenvalue weighted by atomic mass is 9.59. The van der Waals surface area contributed by atoms with E-state index in [1.807, 2.05) is 0 Å². The third kappa shape index (κ3) is 5.18. The van der Waals surface area contributed by atoms with Gasteiger partial charge in [-0.2, -0.15) is 0 Å². The Morgan fingerprint density at radius 1 is 0.508 bits per heavy atom. The van der Waals surface area contributed by atoms with Crippen molar-refractivity contribution in [1.29, 1.82) is 0 Å². The number of furan rings is 1. The van der Waals surface area contributed by atoms with E-state index in [1.165, 1.54) is 108 Å². The molecule has 306 valence electrons. The summed E-state index contributed by atoms with van der Waals surface area (Å²) in [5.74, 6) is 3.94. The minimum Gasteiger partial charge on any atom is -0.454 e. The number of fused-ring (bicyclic) bond motifs is 7. The van der Waals surface area contributed by atoms with Gasteiger partial charge in [0.25, 0.3) is 0 Å². The Morgan fingerprint density at radius 3 is 2.11 bits per heavy atom. The van der Waals surface area contributed by atoms with Gasteiger partial charge in [0.1, 0.15) is 5.58 Å². The summed E-state index contributed by atoms with van der Waals surface area (Å²) in [6.07, 6.45) is 12.2. The summed E-state index contributed by atoms with van der Waals surface area (Å²) in [7, 11) is 0. The Balaban J connectivity index is 0.935. The monoisotopic (exact) mass is 813 g/mol. The minimum atomic E-state index is 0.170. The fourth-order valence-electron chi connectivity index (χ4n) is 14.5. The van der Waals surface area contributed by atoms with Gasteiger partial charge in [-0.05, 0) is 160 Å². The average Bonchev–Trinajstić information content (AvgIpc) is 4.03. The normalized spacial score (nSPS) is 23.3. The summed E-state index contributed by atoms with van der Waals surface area (Å²) in [6, 6.07) is 64.4. The highest BCUT2D eigenvalue weighted by atomic mass is 16.3. The van der Waals surface area contributed by atoms with Gasteiger partial charge < -0.3 is 9.32 Å².